The van der Waals surface area contributed by atoms with Gasteiger partial charge in [-0.1, -0.05) is 38.1 Å². The van der Waals surface area contributed by atoms with E-state index < -0.39 is 0 Å². The first kappa shape index (κ1) is 21.6. The third kappa shape index (κ3) is 4.70. The molecule has 0 unspecified atom stereocenters. The van der Waals surface area contributed by atoms with Crippen molar-refractivity contribution in [3.63, 3.8) is 0 Å². The van der Waals surface area contributed by atoms with Crippen LogP contribution in [0.1, 0.15) is 47.7 Å². The summed E-state index contributed by atoms with van der Waals surface area (Å²) in [5.41, 5.74) is 3.54. The van der Waals surface area contributed by atoms with Crippen LogP contribution in [0.25, 0.3) is 0 Å². The van der Waals surface area contributed by atoms with Gasteiger partial charge in [-0.3, -0.25) is 14.4 Å². The molecular weight excluding hydrogens is 378 g/mol. The predicted molar refractivity (Wildman–Crippen MR) is 117 cm³/mol. The monoisotopic (exact) mass is 407 g/mol. The van der Waals surface area contributed by atoms with Gasteiger partial charge in [-0.05, 0) is 41.3 Å². The van der Waals surface area contributed by atoms with Gasteiger partial charge in [0.1, 0.15) is 0 Å². The average molecular weight is 408 g/mol. The highest BCUT2D eigenvalue weighted by Gasteiger charge is 2.36. The molecule has 6 nitrogen and oxygen atoms in total. The molecule has 158 valence electrons. The van der Waals surface area contributed by atoms with E-state index in [9.17, 15) is 14.4 Å². The normalized spacial score (nSPS) is 16.1. The molecule has 2 aromatic rings. The minimum atomic E-state index is -0.352. The lowest BCUT2D eigenvalue weighted by Crippen LogP contribution is -2.34. The van der Waals surface area contributed by atoms with Crippen LogP contribution in [0.4, 0.5) is 5.69 Å². The molecule has 1 aliphatic rings. The summed E-state index contributed by atoms with van der Waals surface area (Å²) < 4.78 is 0. The number of hydrogen-bond acceptors (Lipinski definition) is 3. The standard InChI is InChI=1S/C24H29N3O3/c1-16(2)19-6-5-7-21(12-19)27-15-20(13-22(27)28)24(30)26(4)14-17-8-10-18(11-9-17)23(29)25-3/h5-12,16,20H,13-15H2,1-4H3,(H,25,29)/t20-/m1/s1. The lowest BCUT2D eigenvalue weighted by molar-refractivity contribution is -0.135. The molecule has 6 heteroatoms. The van der Waals surface area contributed by atoms with Crippen molar-refractivity contribution in [2.75, 3.05) is 25.5 Å². The number of benzene rings is 2. The Balaban J connectivity index is 1.65. The predicted octanol–water partition coefficient (Wildman–Crippen LogP) is 3.18. The van der Waals surface area contributed by atoms with Crippen molar-refractivity contribution in [2.24, 2.45) is 5.92 Å². The first-order valence-electron chi connectivity index (χ1n) is 10.3. The number of anilines is 1. The number of hydrogen-bond donors (Lipinski definition) is 1. The highest BCUT2D eigenvalue weighted by Crippen LogP contribution is 2.28. The van der Waals surface area contributed by atoms with Crippen LogP contribution in [0.2, 0.25) is 0 Å². The van der Waals surface area contributed by atoms with Gasteiger partial charge in [0.2, 0.25) is 11.8 Å². The molecule has 0 aliphatic carbocycles. The highest BCUT2D eigenvalue weighted by molar-refractivity contribution is 6.00. The van der Waals surface area contributed by atoms with Gasteiger partial charge < -0.3 is 15.1 Å². The van der Waals surface area contributed by atoms with E-state index in [1.165, 1.54) is 5.56 Å². The van der Waals surface area contributed by atoms with Crippen molar-refractivity contribution in [3.8, 4) is 0 Å². The fourth-order valence-corrected chi connectivity index (χ4v) is 3.74. The van der Waals surface area contributed by atoms with Crippen molar-refractivity contribution in [1.82, 2.24) is 10.2 Å². The molecule has 1 aliphatic heterocycles. The largest absolute Gasteiger partial charge is 0.355 e. The van der Waals surface area contributed by atoms with Crippen molar-refractivity contribution >= 4 is 23.4 Å². The summed E-state index contributed by atoms with van der Waals surface area (Å²) in [4.78, 5) is 40.6. The van der Waals surface area contributed by atoms with E-state index in [1.54, 1.807) is 36.0 Å². The van der Waals surface area contributed by atoms with Gasteiger partial charge in [0.15, 0.2) is 0 Å². The summed E-state index contributed by atoms with van der Waals surface area (Å²) >= 11 is 0. The molecule has 1 atom stereocenters. The highest BCUT2D eigenvalue weighted by atomic mass is 16.2. The van der Waals surface area contributed by atoms with Gasteiger partial charge in [0.25, 0.3) is 5.91 Å². The Kier molecular flexibility index (Phi) is 6.55. The topological polar surface area (TPSA) is 69.7 Å². The second-order valence-corrected chi connectivity index (χ2v) is 8.13. The summed E-state index contributed by atoms with van der Waals surface area (Å²) in [5.74, 6) is -0.174. The van der Waals surface area contributed by atoms with Gasteiger partial charge >= 0.3 is 0 Å². The molecule has 0 bridgehead atoms. The summed E-state index contributed by atoms with van der Waals surface area (Å²) in [6.45, 7) is 5.07. The Hall–Kier alpha value is -3.15. The molecule has 2 aromatic carbocycles. The van der Waals surface area contributed by atoms with E-state index >= 15 is 0 Å². The molecule has 1 fully saturated rings. The van der Waals surface area contributed by atoms with Crippen molar-refractivity contribution in [2.45, 2.75) is 32.7 Å². The van der Waals surface area contributed by atoms with Crippen molar-refractivity contribution in [1.29, 1.82) is 0 Å². The number of nitrogens with one attached hydrogen (secondary N) is 1. The molecule has 3 amide bonds. The molecule has 0 aromatic heterocycles. The third-order valence-corrected chi connectivity index (χ3v) is 5.56. The zero-order chi connectivity index (χ0) is 21.8. The first-order valence-corrected chi connectivity index (χ1v) is 10.3. The van der Waals surface area contributed by atoms with Crippen molar-refractivity contribution in [3.05, 3.63) is 65.2 Å². The first-order chi connectivity index (χ1) is 14.3. The summed E-state index contributed by atoms with van der Waals surface area (Å²) in [6.07, 6.45) is 0.227. The number of carbonyl (C=O) groups is 3. The van der Waals surface area contributed by atoms with E-state index in [2.05, 4.69) is 25.2 Å². The number of nitrogens with zero attached hydrogens (tertiary/aromatic N) is 2. The maximum atomic E-state index is 13.0. The summed E-state index contributed by atoms with van der Waals surface area (Å²) in [7, 11) is 3.34. The number of rotatable bonds is 6. The lowest BCUT2D eigenvalue weighted by Gasteiger charge is -2.22. The molecule has 0 spiro atoms. The molecule has 1 N–H and O–H groups in total. The molecule has 0 radical (unpaired) electrons. The second kappa shape index (κ2) is 9.11. The summed E-state index contributed by atoms with van der Waals surface area (Å²) in [6, 6.07) is 15.2. The van der Waals surface area contributed by atoms with Gasteiger partial charge in [-0.15, -0.1) is 0 Å². The minimum absolute atomic E-state index is 0.0161. The van der Waals surface area contributed by atoms with Gasteiger partial charge in [-0.2, -0.15) is 0 Å². The van der Waals surface area contributed by atoms with E-state index in [1.807, 2.05) is 30.3 Å². The fourth-order valence-electron chi connectivity index (χ4n) is 3.74. The van der Waals surface area contributed by atoms with Gasteiger partial charge in [-0.25, -0.2) is 0 Å². The summed E-state index contributed by atoms with van der Waals surface area (Å²) in [5, 5.41) is 2.59. The van der Waals surface area contributed by atoms with Crippen LogP contribution >= 0.6 is 0 Å². The van der Waals surface area contributed by atoms with Crippen LogP contribution in [0.15, 0.2) is 48.5 Å². The number of amides is 3. The van der Waals surface area contributed by atoms with Crippen LogP contribution in [0.5, 0.6) is 0 Å². The van der Waals surface area contributed by atoms with Crippen molar-refractivity contribution < 1.29 is 14.4 Å². The molecule has 3 rings (SSSR count). The second-order valence-electron chi connectivity index (χ2n) is 8.13. The van der Waals surface area contributed by atoms with E-state index in [0.717, 1.165) is 11.3 Å². The van der Waals surface area contributed by atoms with Crippen LogP contribution in [0.3, 0.4) is 0 Å². The quantitative estimate of drug-likeness (QED) is 0.800. The van der Waals surface area contributed by atoms with E-state index in [0.29, 0.717) is 24.6 Å². The SMILES string of the molecule is CNC(=O)c1ccc(CN(C)C(=O)[C@@H]2CC(=O)N(c3cccc(C(C)C)c3)C2)cc1. The Bertz CT molecular complexity index is 937. The minimum Gasteiger partial charge on any atom is -0.355 e. The number of carbonyl (C=O) groups excluding carboxylic acids is 3. The zero-order valence-electron chi connectivity index (χ0n) is 18.0. The fraction of sp³-hybridized carbons (Fsp3) is 0.375. The van der Waals surface area contributed by atoms with Crippen LogP contribution in [0, 0.1) is 5.92 Å². The average Bonchev–Trinajstić information content (AvgIpc) is 3.14. The van der Waals surface area contributed by atoms with E-state index in [4.69, 9.17) is 0 Å². The maximum Gasteiger partial charge on any atom is 0.251 e. The Morgan fingerprint density at radius 3 is 2.50 bits per heavy atom. The lowest BCUT2D eigenvalue weighted by atomic mass is 10.0. The zero-order valence-corrected chi connectivity index (χ0v) is 18.0. The molecular formula is C24H29N3O3. The third-order valence-electron chi connectivity index (χ3n) is 5.56. The smallest absolute Gasteiger partial charge is 0.251 e. The Labute approximate surface area is 177 Å². The van der Waals surface area contributed by atoms with Crippen LogP contribution in [-0.2, 0) is 16.1 Å². The Morgan fingerprint density at radius 1 is 1.17 bits per heavy atom. The maximum absolute atomic E-state index is 13.0. The van der Waals surface area contributed by atoms with Crippen LogP contribution in [-0.4, -0.2) is 43.3 Å². The van der Waals surface area contributed by atoms with Gasteiger partial charge in [0.05, 0.1) is 5.92 Å². The van der Waals surface area contributed by atoms with E-state index in [-0.39, 0.29) is 30.1 Å². The van der Waals surface area contributed by atoms with Gasteiger partial charge in [0, 0.05) is 44.9 Å². The molecule has 30 heavy (non-hydrogen) atoms. The molecule has 0 saturated carbocycles. The molecule has 1 saturated heterocycles. The molecule has 1 heterocycles. The Morgan fingerprint density at radius 2 is 1.87 bits per heavy atom. The van der Waals surface area contributed by atoms with Crippen LogP contribution < -0.4 is 10.2 Å².